The lowest BCUT2D eigenvalue weighted by molar-refractivity contribution is 0.533. The van der Waals surface area contributed by atoms with E-state index in [0.717, 1.165) is 0 Å². The van der Waals surface area contributed by atoms with E-state index in [2.05, 4.69) is 44.6 Å². The van der Waals surface area contributed by atoms with Crippen molar-refractivity contribution >= 4 is 0 Å². The molecule has 0 aromatic rings. The lowest BCUT2D eigenvalue weighted by Crippen LogP contribution is -1.83. The van der Waals surface area contributed by atoms with Crippen LogP contribution < -0.4 is 0 Å². The number of rotatable bonds is 32. The van der Waals surface area contributed by atoms with Crippen LogP contribution >= 0.6 is 0 Å². The van der Waals surface area contributed by atoms with Crippen LogP contribution in [0.5, 0.6) is 0 Å². The highest BCUT2D eigenvalue weighted by Gasteiger charge is 1.95. The lowest BCUT2D eigenvalue weighted by atomic mass is 10.0. The van der Waals surface area contributed by atoms with Crippen LogP contribution in [-0.2, 0) is 0 Å². The van der Waals surface area contributed by atoms with Crippen LogP contribution in [0.2, 0.25) is 0 Å². The van der Waals surface area contributed by atoms with Crippen LogP contribution in [-0.4, -0.2) is 0 Å². The van der Waals surface area contributed by atoms with Gasteiger partial charge in [-0.15, -0.1) is 0 Å². The molecule has 0 aliphatic carbocycles. The largest absolute Gasteiger partial charge is 0.0885 e. The smallest absolute Gasteiger partial charge is 0.0171 e. The molecule has 0 amide bonds. The summed E-state index contributed by atoms with van der Waals surface area (Å²) in [6.45, 7) is 4.60. The quantitative estimate of drug-likeness (QED) is 0.0617. The van der Waals surface area contributed by atoms with E-state index >= 15 is 0 Å². The number of hydrogen-bond acceptors (Lipinski definition) is 0. The molecule has 0 bridgehead atoms. The van der Waals surface area contributed by atoms with Crippen LogP contribution in [0.15, 0.2) is 24.3 Å². The molecule has 0 spiro atoms. The van der Waals surface area contributed by atoms with Gasteiger partial charge in [-0.25, -0.2) is 0 Å². The average Bonchev–Trinajstić information content (AvgIpc) is 2.91. The Morgan fingerprint density at radius 2 is 0.541 bits per heavy atom. The van der Waals surface area contributed by atoms with Crippen LogP contribution in [0.25, 0.3) is 0 Å². The van der Waals surface area contributed by atoms with Gasteiger partial charge in [-0.3, -0.25) is 0 Å². The van der Waals surface area contributed by atoms with Crippen LogP contribution in [0.1, 0.15) is 206 Å². The highest BCUT2D eigenvalue weighted by Crippen LogP contribution is 2.14. The van der Waals surface area contributed by atoms with E-state index in [0.29, 0.717) is 0 Å². The molecule has 0 aliphatic rings. The van der Waals surface area contributed by atoms with Gasteiger partial charge in [0.2, 0.25) is 0 Å². The summed E-state index contributed by atoms with van der Waals surface area (Å²) in [5.41, 5.74) is 0. The molecule has 0 saturated heterocycles. The fourth-order valence-electron chi connectivity index (χ4n) is 5.26. The van der Waals surface area contributed by atoms with Crippen molar-refractivity contribution in [3.63, 3.8) is 0 Å². The summed E-state index contributed by atoms with van der Waals surface area (Å²) in [5.74, 6) is 0. The minimum absolute atomic E-state index is 1.27. The number of allylic oxidation sites excluding steroid dienone is 4. The topological polar surface area (TPSA) is 0 Å². The van der Waals surface area contributed by atoms with Gasteiger partial charge in [0.05, 0.1) is 0 Å². The van der Waals surface area contributed by atoms with Gasteiger partial charge in [0.15, 0.2) is 0 Å². The molecule has 219 valence electrons. The fourth-order valence-corrected chi connectivity index (χ4v) is 5.26. The Bertz CT molecular complexity index is 431. The molecular weight excluding hydrogens is 444 g/mol. The van der Waals surface area contributed by atoms with E-state index < -0.39 is 0 Å². The summed E-state index contributed by atoms with van der Waals surface area (Å²) in [4.78, 5) is 0. The van der Waals surface area contributed by atoms with Crippen molar-refractivity contribution in [2.75, 3.05) is 0 Å². The molecule has 1 radical (unpaired) electrons. The van der Waals surface area contributed by atoms with Gasteiger partial charge in [0.1, 0.15) is 0 Å². The molecule has 0 rings (SSSR count). The van der Waals surface area contributed by atoms with Gasteiger partial charge in [0, 0.05) is 0 Å². The van der Waals surface area contributed by atoms with Gasteiger partial charge < -0.3 is 0 Å². The third-order valence-electron chi connectivity index (χ3n) is 7.88. The van der Waals surface area contributed by atoms with Gasteiger partial charge >= 0.3 is 0 Å². The highest BCUT2D eigenvalue weighted by atomic mass is 14.0. The zero-order valence-corrected chi connectivity index (χ0v) is 26.1. The Balaban J connectivity index is 3.12. The zero-order chi connectivity index (χ0) is 26.7. The van der Waals surface area contributed by atoms with Crippen LogP contribution in [0, 0.1) is 6.42 Å². The SMILES string of the molecule is CCCCCCCC/C=C\CCCCCCC[CH]C=CCCCCCCCCCCCCCCCCC. The molecule has 0 aromatic carbocycles. The maximum Gasteiger partial charge on any atom is -0.0171 e. The van der Waals surface area contributed by atoms with Crippen molar-refractivity contribution in [2.45, 2.75) is 206 Å². The Morgan fingerprint density at radius 1 is 0.270 bits per heavy atom. The molecule has 0 unspecified atom stereocenters. The summed E-state index contributed by atoms with van der Waals surface area (Å²) < 4.78 is 0. The van der Waals surface area contributed by atoms with E-state index in [-0.39, 0.29) is 0 Å². The van der Waals surface area contributed by atoms with Crippen molar-refractivity contribution < 1.29 is 0 Å². The summed E-state index contributed by atoms with van der Waals surface area (Å²) in [6, 6.07) is 0. The fraction of sp³-hybridized carbons (Fsp3) is 0.865. The summed E-state index contributed by atoms with van der Waals surface area (Å²) >= 11 is 0. The van der Waals surface area contributed by atoms with Gasteiger partial charge in [-0.05, 0) is 51.4 Å². The third-order valence-corrected chi connectivity index (χ3v) is 7.88. The summed E-state index contributed by atoms with van der Waals surface area (Å²) in [6.07, 6.45) is 54.4. The predicted molar refractivity (Wildman–Crippen MR) is 172 cm³/mol. The van der Waals surface area contributed by atoms with Gasteiger partial charge in [-0.2, -0.15) is 0 Å². The molecular formula is C37H71. The van der Waals surface area contributed by atoms with Crippen molar-refractivity contribution in [1.29, 1.82) is 0 Å². The molecule has 0 heteroatoms. The minimum atomic E-state index is 1.27. The van der Waals surface area contributed by atoms with Crippen molar-refractivity contribution in [2.24, 2.45) is 0 Å². The molecule has 0 aromatic heterocycles. The Morgan fingerprint density at radius 3 is 0.892 bits per heavy atom. The first kappa shape index (κ1) is 36.5. The van der Waals surface area contributed by atoms with Gasteiger partial charge in [0.25, 0.3) is 0 Å². The van der Waals surface area contributed by atoms with E-state index in [1.54, 1.807) is 0 Å². The first-order valence-corrected chi connectivity index (χ1v) is 17.5. The molecule has 0 heterocycles. The van der Waals surface area contributed by atoms with Crippen molar-refractivity contribution in [1.82, 2.24) is 0 Å². The van der Waals surface area contributed by atoms with Crippen LogP contribution in [0.4, 0.5) is 0 Å². The second-order valence-corrected chi connectivity index (χ2v) is 11.8. The number of hydrogen-bond donors (Lipinski definition) is 0. The normalized spacial score (nSPS) is 11.9. The molecule has 37 heavy (non-hydrogen) atoms. The second kappa shape index (κ2) is 35.5. The zero-order valence-electron chi connectivity index (χ0n) is 26.1. The Hall–Kier alpha value is -0.520. The minimum Gasteiger partial charge on any atom is -0.0885 e. The Labute approximate surface area is 236 Å². The van der Waals surface area contributed by atoms with Gasteiger partial charge in [-0.1, -0.05) is 186 Å². The molecule has 0 nitrogen and oxygen atoms in total. The van der Waals surface area contributed by atoms with E-state index in [4.69, 9.17) is 0 Å². The maximum atomic E-state index is 2.43. The average molecular weight is 516 g/mol. The molecule has 0 saturated carbocycles. The van der Waals surface area contributed by atoms with Crippen LogP contribution in [0.3, 0.4) is 0 Å². The lowest BCUT2D eigenvalue weighted by Gasteiger charge is -2.03. The summed E-state index contributed by atoms with van der Waals surface area (Å²) in [5, 5.41) is 0. The van der Waals surface area contributed by atoms with Crippen molar-refractivity contribution in [3.05, 3.63) is 30.7 Å². The second-order valence-electron chi connectivity index (χ2n) is 11.8. The standard InChI is InChI=1S/C37H71/c1-3-5-7-9-11-13-15-17-19-21-23-25-27-29-31-33-35-37-36-34-32-30-28-26-24-22-20-18-16-14-12-10-8-6-4-2/h17,19,35-37H,3-16,18,20-34H2,1-2H3/b19-17-,37-36?. The Kier molecular flexibility index (Phi) is 35.0. The van der Waals surface area contributed by atoms with E-state index in [1.807, 2.05) is 0 Å². The predicted octanol–water partition coefficient (Wildman–Crippen LogP) is 14.0. The van der Waals surface area contributed by atoms with Crippen molar-refractivity contribution in [3.8, 4) is 0 Å². The number of unbranched alkanes of at least 4 members (excludes halogenated alkanes) is 28. The molecule has 0 N–H and O–H groups in total. The first-order valence-electron chi connectivity index (χ1n) is 17.5. The van der Waals surface area contributed by atoms with E-state index in [1.165, 1.54) is 193 Å². The summed E-state index contributed by atoms with van der Waals surface area (Å²) in [7, 11) is 0. The van der Waals surface area contributed by atoms with E-state index in [9.17, 15) is 0 Å². The highest BCUT2D eigenvalue weighted by molar-refractivity contribution is 4.94. The molecule has 0 fully saturated rings. The molecule has 0 atom stereocenters. The monoisotopic (exact) mass is 516 g/mol. The molecule has 0 aliphatic heterocycles. The third kappa shape index (κ3) is 35.5. The first-order chi connectivity index (χ1) is 18.4. The maximum absolute atomic E-state index is 2.43.